The number of halogens is 1. The van der Waals surface area contributed by atoms with Gasteiger partial charge in [-0.2, -0.15) is 0 Å². The van der Waals surface area contributed by atoms with Crippen LogP contribution in [0.5, 0.6) is 17.2 Å². The summed E-state index contributed by atoms with van der Waals surface area (Å²) in [6.07, 6.45) is 1.54. The molecule has 0 unspecified atom stereocenters. The Labute approximate surface area is 193 Å². The second-order valence-corrected chi connectivity index (χ2v) is 8.02. The number of nitro groups is 1. The number of aryl methyl sites for hydroxylation is 1. The molecule has 0 saturated carbocycles. The standard InChI is InChI=1S/C23H20ClN3O6/c1-14(28)26-7-8-32-22-11-23(29)25(2)13-19(22)18-10-17(27(30)31)4-6-21(18)33-20-5-3-16(24)9-15(20)12-26/h3-6,9-11,13H,7-8,12H2,1-2H3. The normalized spacial score (nSPS) is 13.2. The minimum Gasteiger partial charge on any atom is -0.491 e. The average Bonchev–Trinajstić information content (AvgIpc) is 2.76. The van der Waals surface area contributed by atoms with Crippen LogP contribution in [-0.4, -0.2) is 33.4 Å². The Hall–Kier alpha value is -3.85. The van der Waals surface area contributed by atoms with Crippen molar-refractivity contribution in [3.8, 4) is 28.4 Å². The van der Waals surface area contributed by atoms with Gasteiger partial charge in [-0.25, -0.2) is 0 Å². The number of nitrogens with zero attached hydrogens (tertiary/aromatic N) is 3. The van der Waals surface area contributed by atoms with Gasteiger partial charge in [-0.15, -0.1) is 0 Å². The van der Waals surface area contributed by atoms with Crippen molar-refractivity contribution in [3.05, 3.63) is 79.7 Å². The maximum atomic E-state index is 12.3. The second kappa shape index (κ2) is 8.95. The summed E-state index contributed by atoms with van der Waals surface area (Å²) in [5.41, 5.74) is 1.06. The van der Waals surface area contributed by atoms with Crippen LogP contribution in [0, 0.1) is 10.1 Å². The summed E-state index contributed by atoms with van der Waals surface area (Å²) >= 11 is 6.19. The maximum Gasteiger partial charge on any atom is 0.270 e. The number of pyridine rings is 1. The van der Waals surface area contributed by atoms with Crippen LogP contribution >= 0.6 is 11.6 Å². The summed E-state index contributed by atoms with van der Waals surface area (Å²) in [6.45, 7) is 2.04. The fourth-order valence-electron chi connectivity index (χ4n) is 3.57. The molecule has 0 saturated heterocycles. The zero-order valence-corrected chi connectivity index (χ0v) is 18.7. The molecular weight excluding hydrogens is 450 g/mol. The van der Waals surface area contributed by atoms with Gasteiger partial charge in [-0.1, -0.05) is 11.6 Å². The fourth-order valence-corrected chi connectivity index (χ4v) is 3.77. The molecule has 0 aliphatic carbocycles. The van der Waals surface area contributed by atoms with Gasteiger partial charge in [0.25, 0.3) is 11.2 Å². The average molecular weight is 470 g/mol. The van der Waals surface area contributed by atoms with Gasteiger partial charge in [0.05, 0.1) is 11.5 Å². The molecule has 0 bridgehead atoms. The summed E-state index contributed by atoms with van der Waals surface area (Å²) in [7, 11) is 1.57. The monoisotopic (exact) mass is 469 g/mol. The zero-order valence-electron chi connectivity index (χ0n) is 17.9. The van der Waals surface area contributed by atoms with Crippen LogP contribution in [0.2, 0.25) is 5.02 Å². The molecule has 4 rings (SSSR count). The van der Waals surface area contributed by atoms with Gasteiger partial charge in [0.2, 0.25) is 5.91 Å². The molecule has 9 nitrogen and oxygen atoms in total. The van der Waals surface area contributed by atoms with Crippen molar-refractivity contribution in [2.45, 2.75) is 13.5 Å². The summed E-state index contributed by atoms with van der Waals surface area (Å²) < 4.78 is 13.4. The molecule has 170 valence electrons. The third kappa shape index (κ3) is 4.68. The Morgan fingerprint density at radius 1 is 1.09 bits per heavy atom. The number of nitro benzene ring substituents is 1. The van der Waals surface area contributed by atoms with Crippen LogP contribution in [0.15, 0.2) is 53.5 Å². The van der Waals surface area contributed by atoms with E-state index in [0.29, 0.717) is 33.2 Å². The first-order valence-corrected chi connectivity index (χ1v) is 10.4. The topological polar surface area (TPSA) is 104 Å². The van der Waals surface area contributed by atoms with Gasteiger partial charge >= 0.3 is 0 Å². The Balaban J connectivity index is 1.96. The van der Waals surface area contributed by atoms with E-state index >= 15 is 0 Å². The molecule has 33 heavy (non-hydrogen) atoms. The van der Waals surface area contributed by atoms with Crippen molar-refractivity contribution in [3.63, 3.8) is 0 Å². The molecule has 1 aliphatic heterocycles. The van der Waals surface area contributed by atoms with Crippen LogP contribution in [0.25, 0.3) is 11.1 Å². The van der Waals surface area contributed by atoms with Crippen LogP contribution in [-0.2, 0) is 18.4 Å². The van der Waals surface area contributed by atoms with Gasteiger partial charge in [-0.05, 0) is 24.3 Å². The van der Waals surface area contributed by atoms with E-state index in [1.165, 1.54) is 35.8 Å². The van der Waals surface area contributed by atoms with Gasteiger partial charge in [0.15, 0.2) is 0 Å². The van der Waals surface area contributed by atoms with E-state index in [-0.39, 0.29) is 42.6 Å². The fraction of sp³-hybridized carbons (Fsp3) is 0.217. The molecule has 0 radical (unpaired) electrons. The summed E-state index contributed by atoms with van der Waals surface area (Å²) in [4.78, 5) is 37.1. The smallest absolute Gasteiger partial charge is 0.270 e. The molecule has 1 amide bonds. The van der Waals surface area contributed by atoms with E-state index in [1.54, 1.807) is 36.3 Å². The number of aromatic nitrogens is 1. The number of hydrogen-bond donors (Lipinski definition) is 0. The van der Waals surface area contributed by atoms with Gasteiger partial charge in [0, 0.05) is 66.6 Å². The minimum absolute atomic E-state index is 0.112. The maximum absolute atomic E-state index is 12.3. The van der Waals surface area contributed by atoms with E-state index in [4.69, 9.17) is 21.1 Å². The predicted molar refractivity (Wildman–Crippen MR) is 122 cm³/mol. The van der Waals surface area contributed by atoms with Gasteiger partial charge in [-0.3, -0.25) is 19.7 Å². The molecule has 2 aromatic carbocycles. The van der Waals surface area contributed by atoms with Gasteiger partial charge < -0.3 is 18.9 Å². The highest BCUT2D eigenvalue weighted by molar-refractivity contribution is 6.30. The number of rotatable bonds is 1. The van der Waals surface area contributed by atoms with Crippen molar-refractivity contribution in [1.82, 2.24) is 9.47 Å². The number of non-ortho nitro benzene ring substituents is 1. The SMILES string of the molecule is CC(=O)N1CCOc2cc(=O)n(C)cc2-c2cc([N+](=O)[O-])ccc2Oc2ccc(Cl)cc2C1. The Morgan fingerprint density at radius 2 is 1.85 bits per heavy atom. The minimum atomic E-state index is -0.503. The van der Waals surface area contributed by atoms with Crippen LogP contribution in [0.3, 0.4) is 0 Å². The van der Waals surface area contributed by atoms with Crippen molar-refractivity contribution >= 4 is 23.2 Å². The highest BCUT2D eigenvalue weighted by atomic mass is 35.5. The third-order valence-corrected chi connectivity index (χ3v) is 5.56. The number of carbonyl (C=O) groups is 1. The molecule has 1 aliphatic rings. The second-order valence-electron chi connectivity index (χ2n) is 7.58. The lowest BCUT2D eigenvalue weighted by molar-refractivity contribution is -0.384. The van der Waals surface area contributed by atoms with E-state index < -0.39 is 4.92 Å². The first-order valence-electron chi connectivity index (χ1n) is 10.1. The van der Waals surface area contributed by atoms with E-state index in [1.807, 2.05) is 0 Å². The molecule has 0 atom stereocenters. The van der Waals surface area contributed by atoms with Crippen molar-refractivity contribution < 1.29 is 19.2 Å². The summed E-state index contributed by atoms with van der Waals surface area (Å²) in [5.74, 6) is 0.849. The highest BCUT2D eigenvalue weighted by Gasteiger charge is 2.22. The lowest BCUT2D eigenvalue weighted by Crippen LogP contribution is -2.32. The van der Waals surface area contributed by atoms with Crippen LogP contribution in [0.1, 0.15) is 12.5 Å². The lowest BCUT2D eigenvalue weighted by Gasteiger charge is -2.25. The molecule has 10 heteroatoms. The largest absolute Gasteiger partial charge is 0.491 e. The number of carbonyl (C=O) groups excluding carboxylic acids is 1. The zero-order chi connectivity index (χ0) is 23.7. The first kappa shape index (κ1) is 22.3. The Kier molecular flexibility index (Phi) is 6.06. The number of amides is 1. The molecule has 0 fully saturated rings. The Morgan fingerprint density at radius 3 is 2.58 bits per heavy atom. The van der Waals surface area contributed by atoms with E-state index in [2.05, 4.69) is 0 Å². The predicted octanol–water partition coefficient (Wildman–Crippen LogP) is 4.15. The third-order valence-electron chi connectivity index (χ3n) is 5.32. The van der Waals surface area contributed by atoms with Crippen LogP contribution in [0.4, 0.5) is 5.69 Å². The first-order chi connectivity index (χ1) is 15.7. The van der Waals surface area contributed by atoms with E-state index in [9.17, 15) is 19.7 Å². The molecule has 1 aromatic heterocycles. The van der Waals surface area contributed by atoms with Gasteiger partial charge in [0.1, 0.15) is 23.9 Å². The number of hydrogen-bond acceptors (Lipinski definition) is 6. The number of ether oxygens (including phenoxy) is 2. The van der Waals surface area contributed by atoms with Crippen molar-refractivity contribution in [1.29, 1.82) is 0 Å². The number of benzene rings is 2. The van der Waals surface area contributed by atoms with Crippen LogP contribution < -0.4 is 15.0 Å². The molecule has 2 heterocycles. The molecular formula is C23H20ClN3O6. The molecule has 0 spiro atoms. The Bertz CT molecular complexity index is 1320. The number of fused-ring (bicyclic) bond motifs is 4. The molecule has 0 N–H and O–H groups in total. The quantitative estimate of drug-likeness (QED) is 0.392. The summed E-state index contributed by atoms with van der Waals surface area (Å²) in [5, 5.41) is 11.9. The van der Waals surface area contributed by atoms with Crippen molar-refractivity contribution in [2.75, 3.05) is 13.2 Å². The van der Waals surface area contributed by atoms with E-state index in [0.717, 1.165) is 0 Å². The van der Waals surface area contributed by atoms with Crippen molar-refractivity contribution in [2.24, 2.45) is 7.05 Å². The lowest BCUT2D eigenvalue weighted by atomic mass is 10.0. The molecule has 3 aromatic rings. The highest BCUT2D eigenvalue weighted by Crippen LogP contribution is 2.41. The summed E-state index contributed by atoms with van der Waals surface area (Å²) in [6, 6.07) is 10.6.